The molecule has 0 atom stereocenters. The van der Waals surface area contributed by atoms with Gasteiger partial charge in [-0.1, -0.05) is 22.0 Å². The van der Waals surface area contributed by atoms with Crippen LogP contribution in [0.25, 0.3) is 10.9 Å². The quantitative estimate of drug-likeness (QED) is 0.160. The molecule has 0 saturated carbocycles. The predicted octanol–water partition coefficient (Wildman–Crippen LogP) is 7.25. The van der Waals surface area contributed by atoms with Crippen LogP contribution in [0, 0.1) is 5.82 Å². The Bertz CT molecular complexity index is 1370. The molecule has 0 aliphatic heterocycles. The van der Waals surface area contributed by atoms with E-state index in [0.717, 1.165) is 12.1 Å². The molecule has 0 fully saturated rings. The minimum Gasteiger partial charge on any atom is -0.488 e. The van der Waals surface area contributed by atoms with E-state index in [1.165, 1.54) is 30.3 Å². The topological polar surface area (TPSA) is 60.7 Å². The number of halogens is 5. The van der Waals surface area contributed by atoms with Crippen molar-refractivity contribution in [1.29, 1.82) is 0 Å². The Morgan fingerprint density at radius 1 is 1.00 bits per heavy atom. The zero-order valence-corrected chi connectivity index (χ0v) is 18.9. The number of fused-ring (bicyclic) bond motifs is 1. The standard InChI is InChI=1S/C24H16BrF4NO4/c25-18-3-1-15(20(26)11-18)13-33-22-6-2-17(24(27,28)29)9-16(22)12-30-8-7-14-10-19(34-23(31)32)4-5-21(14)30/h1-11H,12-13H2,(H,31,32). The molecule has 4 aromatic rings. The molecular weight excluding hydrogens is 522 g/mol. The van der Waals surface area contributed by atoms with E-state index in [9.17, 15) is 22.4 Å². The highest BCUT2D eigenvalue weighted by molar-refractivity contribution is 9.10. The van der Waals surface area contributed by atoms with E-state index >= 15 is 0 Å². The summed E-state index contributed by atoms with van der Waals surface area (Å²) in [6.45, 7) is -0.134. The molecule has 0 aliphatic carbocycles. The maximum absolute atomic E-state index is 14.2. The van der Waals surface area contributed by atoms with Gasteiger partial charge in [-0.15, -0.1) is 0 Å². The first-order chi connectivity index (χ1) is 16.1. The summed E-state index contributed by atoms with van der Waals surface area (Å²) in [7, 11) is 0. The van der Waals surface area contributed by atoms with Crippen molar-refractivity contribution < 1.29 is 36.9 Å². The monoisotopic (exact) mass is 537 g/mol. The maximum Gasteiger partial charge on any atom is 0.511 e. The third-order valence-electron chi connectivity index (χ3n) is 5.07. The Labute approximate surface area is 199 Å². The summed E-state index contributed by atoms with van der Waals surface area (Å²) in [6.07, 6.45) is -4.34. The van der Waals surface area contributed by atoms with Crippen molar-refractivity contribution >= 4 is 33.0 Å². The molecule has 10 heteroatoms. The van der Waals surface area contributed by atoms with Crippen molar-refractivity contribution in [2.75, 3.05) is 0 Å². The Kier molecular flexibility index (Phi) is 6.52. The molecule has 176 valence electrons. The molecule has 34 heavy (non-hydrogen) atoms. The number of ether oxygens (including phenoxy) is 2. The fourth-order valence-corrected chi connectivity index (χ4v) is 3.81. The summed E-state index contributed by atoms with van der Waals surface area (Å²) in [5.41, 5.74) is 0.320. The van der Waals surface area contributed by atoms with Gasteiger partial charge in [0.15, 0.2) is 0 Å². The highest BCUT2D eigenvalue weighted by Crippen LogP contribution is 2.34. The van der Waals surface area contributed by atoms with Crippen molar-refractivity contribution in [3.63, 3.8) is 0 Å². The van der Waals surface area contributed by atoms with E-state index in [1.807, 2.05) is 0 Å². The van der Waals surface area contributed by atoms with E-state index in [-0.39, 0.29) is 35.8 Å². The van der Waals surface area contributed by atoms with Gasteiger partial charge in [0.2, 0.25) is 0 Å². The fourth-order valence-electron chi connectivity index (χ4n) is 3.48. The SMILES string of the molecule is O=C(O)Oc1ccc2c(ccn2Cc2cc(C(F)(F)F)ccc2OCc2ccc(Br)cc2F)c1. The molecule has 1 heterocycles. The van der Waals surface area contributed by atoms with Crippen molar-refractivity contribution in [1.82, 2.24) is 4.57 Å². The van der Waals surface area contributed by atoms with Crippen LogP contribution in [0.5, 0.6) is 11.5 Å². The molecule has 4 rings (SSSR count). The summed E-state index contributed by atoms with van der Waals surface area (Å²) in [6, 6.07) is 13.9. The summed E-state index contributed by atoms with van der Waals surface area (Å²) in [4.78, 5) is 10.7. The number of carboxylic acid groups (broad SMARTS) is 1. The average molecular weight is 538 g/mol. The first-order valence-electron chi connectivity index (χ1n) is 9.86. The molecule has 1 N–H and O–H groups in total. The lowest BCUT2D eigenvalue weighted by Gasteiger charge is -2.16. The Morgan fingerprint density at radius 3 is 2.50 bits per heavy atom. The van der Waals surface area contributed by atoms with Gasteiger partial charge in [0.1, 0.15) is 23.9 Å². The van der Waals surface area contributed by atoms with E-state index in [0.29, 0.717) is 15.4 Å². The van der Waals surface area contributed by atoms with Gasteiger partial charge in [0.25, 0.3) is 0 Å². The summed E-state index contributed by atoms with van der Waals surface area (Å²) in [5.74, 6) is -0.195. The molecule has 0 unspecified atom stereocenters. The molecule has 0 radical (unpaired) electrons. The molecule has 0 bridgehead atoms. The smallest absolute Gasteiger partial charge is 0.488 e. The summed E-state index contributed by atoms with van der Waals surface area (Å²) < 4.78 is 66.8. The number of alkyl halides is 3. The molecule has 0 amide bonds. The normalized spacial score (nSPS) is 11.6. The highest BCUT2D eigenvalue weighted by atomic mass is 79.9. The second kappa shape index (κ2) is 9.38. The Balaban J connectivity index is 1.65. The summed E-state index contributed by atoms with van der Waals surface area (Å²) >= 11 is 3.17. The van der Waals surface area contributed by atoms with Gasteiger partial charge in [-0.3, -0.25) is 0 Å². The average Bonchev–Trinajstić information content (AvgIpc) is 3.14. The van der Waals surface area contributed by atoms with Gasteiger partial charge < -0.3 is 19.1 Å². The number of nitrogens with zero attached hydrogens (tertiary/aromatic N) is 1. The second-order valence-corrected chi connectivity index (χ2v) is 8.29. The van der Waals surface area contributed by atoms with Crippen LogP contribution in [-0.4, -0.2) is 15.8 Å². The Morgan fingerprint density at radius 2 is 1.79 bits per heavy atom. The summed E-state index contributed by atoms with van der Waals surface area (Å²) in [5, 5.41) is 9.41. The van der Waals surface area contributed by atoms with Crippen LogP contribution in [0.3, 0.4) is 0 Å². The van der Waals surface area contributed by atoms with Crippen molar-refractivity contribution in [2.45, 2.75) is 19.3 Å². The zero-order chi connectivity index (χ0) is 24.5. The lowest BCUT2D eigenvalue weighted by molar-refractivity contribution is -0.137. The molecule has 3 aromatic carbocycles. The third kappa shape index (κ3) is 5.33. The molecule has 1 aromatic heterocycles. The van der Waals surface area contributed by atoms with E-state index in [1.54, 1.807) is 29.0 Å². The maximum atomic E-state index is 14.2. The first kappa shape index (κ1) is 23.6. The minimum absolute atomic E-state index is 0.0324. The lowest BCUT2D eigenvalue weighted by Crippen LogP contribution is -2.09. The van der Waals surface area contributed by atoms with Gasteiger partial charge >= 0.3 is 12.3 Å². The van der Waals surface area contributed by atoms with Gasteiger partial charge in [-0.2, -0.15) is 13.2 Å². The number of carbonyl (C=O) groups is 1. The van der Waals surface area contributed by atoms with Crippen molar-refractivity contribution in [2.24, 2.45) is 0 Å². The van der Waals surface area contributed by atoms with Crippen LogP contribution in [-0.2, 0) is 19.3 Å². The first-order valence-corrected chi connectivity index (χ1v) is 10.7. The number of aromatic nitrogens is 1. The second-order valence-electron chi connectivity index (χ2n) is 7.38. The highest BCUT2D eigenvalue weighted by Gasteiger charge is 2.31. The molecule has 0 spiro atoms. The molecule has 0 aliphatic rings. The van der Waals surface area contributed by atoms with Crippen LogP contribution in [0.15, 0.2) is 71.3 Å². The number of benzene rings is 3. The molecule has 0 saturated heterocycles. The van der Waals surface area contributed by atoms with Gasteiger partial charge in [-0.05, 0) is 54.6 Å². The van der Waals surface area contributed by atoms with E-state index in [2.05, 4.69) is 20.7 Å². The Hall–Kier alpha value is -3.53. The van der Waals surface area contributed by atoms with Crippen LogP contribution in [0.1, 0.15) is 16.7 Å². The van der Waals surface area contributed by atoms with E-state index < -0.39 is 23.7 Å². The third-order valence-corrected chi connectivity index (χ3v) is 5.57. The minimum atomic E-state index is -4.55. The van der Waals surface area contributed by atoms with E-state index in [4.69, 9.17) is 9.84 Å². The molecular formula is C24H16BrF4NO4. The van der Waals surface area contributed by atoms with Crippen LogP contribution < -0.4 is 9.47 Å². The van der Waals surface area contributed by atoms with Gasteiger partial charge in [0.05, 0.1) is 12.1 Å². The van der Waals surface area contributed by atoms with Crippen molar-refractivity contribution in [3.05, 3.63) is 93.8 Å². The number of hydrogen-bond donors (Lipinski definition) is 1. The number of hydrogen-bond acceptors (Lipinski definition) is 3. The fraction of sp³-hybridized carbons (Fsp3) is 0.125. The predicted molar refractivity (Wildman–Crippen MR) is 120 cm³/mol. The van der Waals surface area contributed by atoms with Gasteiger partial charge in [-0.25, -0.2) is 9.18 Å². The van der Waals surface area contributed by atoms with Crippen LogP contribution in [0.2, 0.25) is 0 Å². The van der Waals surface area contributed by atoms with Crippen LogP contribution in [0.4, 0.5) is 22.4 Å². The lowest BCUT2D eigenvalue weighted by atomic mass is 10.1. The van der Waals surface area contributed by atoms with Gasteiger partial charge in [0, 0.05) is 32.7 Å². The van der Waals surface area contributed by atoms with Crippen LogP contribution >= 0.6 is 15.9 Å². The largest absolute Gasteiger partial charge is 0.511 e. The zero-order valence-electron chi connectivity index (χ0n) is 17.3. The molecule has 5 nitrogen and oxygen atoms in total. The van der Waals surface area contributed by atoms with Crippen molar-refractivity contribution in [3.8, 4) is 11.5 Å². The number of rotatable bonds is 6.